The van der Waals surface area contributed by atoms with Crippen molar-refractivity contribution < 1.29 is 14.6 Å². The van der Waals surface area contributed by atoms with E-state index < -0.39 is 5.97 Å². The summed E-state index contributed by atoms with van der Waals surface area (Å²) in [6.45, 7) is 4.08. The van der Waals surface area contributed by atoms with Gasteiger partial charge in [0.2, 0.25) is 0 Å². The van der Waals surface area contributed by atoms with Gasteiger partial charge in [-0.15, -0.1) is 0 Å². The second-order valence-corrected chi connectivity index (χ2v) is 7.27. The number of rotatable bonds is 8. The Bertz CT molecular complexity index is 904. The smallest absolute Gasteiger partial charge is 0.339 e. The molecule has 0 aliphatic carbocycles. The van der Waals surface area contributed by atoms with Crippen LogP contribution in [-0.2, 0) is 12.8 Å². The predicted molar refractivity (Wildman–Crippen MR) is 112 cm³/mol. The molecule has 3 aromatic carbocycles. The molecule has 0 aliphatic rings. The Morgan fingerprint density at radius 2 is 1.43 bits per heavy atom. The van der Waals surface area contributed by atoms with Crippen LogP contribution in [0.2, 0.25) is 0 Å². The average molecular weight is 374 g/mol. The molecule has 0 aliphatic heterocycles. The number of hydrogen-bond donors (Lipinski definition) is 1. The van der Waals surface area contributed by atoms with Crippen molar-refractivity contribution in [2.45, 2.75) is 38.7 Å². The summed E-state index contributed by atoms with van der Waals surface area (Å²) < 4.78 is 5.98. The van der Waals surface area contributed by atoms with Crippen molar-refractivity contribution in [1.29, 1.82) is 0 Å². The zero-order chi connectivity index (χ0) is 19.9. The first kappa shape index (κ1) is 19.7. The Hall–Kier alpha value is -3.07. The van der Waals surface area contributed by atoms with E-state index in [9.17, 15) is 9.90 Å². The molecule has 0 amide bonds. The molecule has 0 bridgehead atoms. The van der Waals surface area contributed by atoms with Gasteiger partial charge in [-0.25, -0.2) is 4.79 Å². The third kappa shape index (κ3) is 5.23. The van der Waals surface area contributed by atoms with Gasteiger partial charge in [0, 0.05) is 6.42 Å². The van der Waals surface area contributed by atoms with Crippen LogP contribution in [0.4, 0.5) is 0 Å². The summed E-state index contributed by atoms with van der Waals surface area (Å²) in [5.41, 5.74) is 3.63. The number of benzene rings is 3. The molecule has 0 saturated heterocycles. The second-order valence-electron chi connectivity index (χ2n) is 7.27. The van der Waals surface area contributed by atoms with Crippen molar-refractivity contribution >= 4 is 5.97 Å². The summed E-state index contributed by atoms with van der Waals surface area (Å²) >= 11 is 0. The van der Waals surface area contributed by atoms with Crippen LogP contribution in [0.3, 0.4) is 0 Å². The van der Waals surface area contributed by atoms with Gasteiger partial charge in [0.15, 0.2) is 0 Å². The Kier molecular flexibility index (Phi) is 6.49. The lowest BCUT2D eigenvalue weighted by atomic mass is 9.92. The van der Waals surface area contributed by atoms with Gasteiger partial charge in [0.25, 0.3) is 0 Å². The predicted octanol–water partition coefficient (Wildman–Crippen LogP) is 5.74. The number of ether oxygens (including phenoxy) is 1. The lowest BCUT2D eigenvalue weighted by Crippen LogP contribution is -2.17. The molecule has 0 heterocycles. The third-order valence-corrected chi connectivity index (χ3v) is 4.88. The van der Waals surface area contributed by atoms with Gasteiger partial charge < -0.3 is 9.84 Å². The molecule has 0 aromatic heterocycles. The van der Waals surface area contributed by atoms with E-state index in [4.69, 9.17) is 4.74 Å². The fourth-order valence-corrected chi connectivity index (χ4v) is 3.41. The van der Waals surface area contributed by atoms with E-state index in [1.807, 2.05) is 61.5 Å². The van der Waals surface area contributed by atoms with E-state index in [2.05, 4.69) is 19.1 Å². The van der Waals surface area contributed by atoms with Crippen LogP contribution in [-0.4, -0.2) is 17.2 Å². The highest BCUT2D eigenvalue weighted by atomic mass is 16.5. The Morgan fingerprint density at radius 1 is 0.857 bits per heavy atom. The monoisotopic (exact) mass is 374 g/mol. The molecule has 2 unspecified atom stereocenters. The largest absolute Gasteiger partial charge is 0.489 e. The zero-order valence-electron chi connectivity index (χ0n) is 16.3. The molecular formula is C25H26O3. The molecular weight excluding hydrogens is 348 g/mol. The highest BCUT2D eigenvalue weighted by molar-refractivity contribution is 5.91. The van der Waals surface area contributed by atoms with E-state index in [0.29, 0.717) is 5.75 Å². The van der Waals surface area contributed by atoms with Crippen LogP contribution in [0.15, 0.2) is 78.9 Å². The number of carboxylic acid groups (broad SMARTS) is 1. The van der Waals surface area contributed by atoms with Gasteiger partial charge in [0.1, 0.15) is 11.3 Å². The van der Waals surface area contributed by atoms with Crippen LogP contribution in [0.25, 0.3) is 0 Å². The quantitative estimate of drug-likeness (QED) is 0.547. The van der Waals surface area contributed by atoms with Crippen molar-refractivity contribution in [3.05, 3.63) is 101 Å². The normalized spacial score (nSPS) is 12.9. The lowest BCUT2D eigenvalue weighted by Gasteiger charge is -2.19. The van der Waals surface area contributed by atoms with Crippen molar-refractivity contribution in [2.24, 2.45) is 0 Å². The molecule has 3 nitrogen and oxygen atoms in total. The molecule has 0 fully saturated rings. The number of hydrogen-bond acceptors (Lipinski definition) is 2. The second kappa shape index (κ2) is 9.23. The van der Waals surface area contributed by atoms with Crippen LogP contribution >= 0.6 is 0 Å². The van der Waals surface area contributed by atoms with Crippen molar-refractivity contribution in [1.82, 2.24) is 0 Å². The molecule has 0 spiro atoms. The molecule has 0 saturated carbocycles. The Labute approximate surface area is 166 Å². The fourth-order valence-electron chi connectivity index (χ4n) is 3.41. The Balaban J connectivity index is 1.74. The summed E-state index contributed by atoms with van der Waals surface area (Å²) in [6.07, 6.45) is 1.48. The third-order valence-electron chi connectivity index (χ3n) is 4.88. The average Bonchev–Trinajstić information content (AvgIpc) is 2.69. The van der Waals surface area contributed by atoms with Gasteiger partial charge >= 0.3 is 5.97 Å². The van der Waals surface area contributed by atoms with E-state index in [1.165, 1.54) is 11.1 Å². The maximum absolute atomic E-state index is 11.8. The molecule has 3 heteroatoms. The minimum absolute atomic E-state index is 0.118. The van der Waals surface area contributed by atoms with Crippen LogP contribution in [0.1, 0.15) is 46.8 Å². The Morgan fingerprint density at radius 3 is 2.00 bits per heavy atom. The lowest BCUT2D eigenvalue weighted by molar-refractivity contribution is 0.0689. The summed E-state index contributed by atoms with van der Waals surface area (Å²) in [4.78, 5) is 11.8. The van der Waals surface area contributed by atoms with E-state index in [-0.39, 0.29) is 17.6 Å². The summed E-state index contributed by atoms with van der Waals surface area (Å²) in [5.74, 6) is -0.321. The van der Waals surface area contributed by atoms with Crippen LogP contribution in [0, 0.1) is 0 Å². The first-order valence-electron chi connectivity index (χ1n) is 9.64. The SMILES string of the molecule is CC(Cc1ccccc1)Oc1ccc(C(C)Cc2ccccc2)cc1C(=O)O. The van der Waals surface area contributed by atoms with Crippen molar-refractivity contribution in [2.75, 3.05) is 0 Å². The van der Waals surface area contributed by atoms with Crippen molar-refractivity contribution in [3.63, 3.8) is 0 Å². The van der Waals surface area contributed by atoms with Gasteiger partial charge in [-0.3, -0.25) is 0 Å². The van der Waals surface area contributed by atoms with E-state index >= 15 is 0 Å². The number of carbonyl (C=O) groups is 1. The van der Waals surface area contributed by atoms with Gasteiger partial charge in [-0.05, 0) is 48.1 Å². The molecule has 3 rings (SSSR count). The maximum Gasteiger partial charge on any atom is 0.339 e. The minimum atomic E-state index is -0.962. The van der Waals surface area contributed by atoms with Gasteiger partial charge in [-0.1, -0.05) is 73.7 Å². The summed E-state index contributed by atoms with van der Waals surface area (Å²) in [6, 6.07) is 25.8. The molecule has 0 radical (unpaired) electrons. The molecule has 144 valence electrons. The number of aromatic carboxylic acids is 1. The first-order chi connectivity index (χ1) is 13.5. The fraction of sp³-hybridized carbons (Fsp3) is 0.240. The first-order valence-corrected chi connectivity index (χ1v) is 9.64. The zero-order valence-corrected chi connectivity index (χ0v) is 16.3. The maximum atomic E-state index is 11.8. The van der Waals surface area contributed by atoms with Crippen molar-refractivity contribution in [3.8, 4) is 5.75 Å². The topological polar surface area (TPSA) is 46.5 Å². The molecule has 3 aromatic rings. The van der Waals surface area contributed by atoms with Crippen LogP contribution in [0.5, 0.6) is 5.75 Å². The van der Waals surface area contributed by atoms with E-state index in [1.54, 1.807) is 12.1 Å². The minimum Gasteiger partial charge on any atom is -0.489 e. The number of carboxylic acids is 1. The standard InChI is InChI=1S/C25H26O3/c1-18(15-20-9-5-3-6-10-20)22-13-14-24(23(17-22)25(26)27)28-19(2)16-21-11-7-4-8-12-21/h3-14,17-19H,15-16H2,1-2H3,(H,26,27). The molecule has 1 N–H and O–H groups in total. The summed E-state index contributed by atoms with van der Waals surface area (Å²) in [5, 5.41) is 9.68. The highest BCUT2D eigenvalue weighted by Gasteiger charge is 2.17. The van der Waals surface area contributed by atoms with Gasteiger partial charge in [-0.2, -0.15) is 0 Å². The molecule has 2 atom stereocenters. The highest BCUT2D eigenvalue weighted by Crippen LogP contribution is 2.28. The molecule has 28 heavy (non-hydrogen) atoms. The summed E-state index contributed by atoms with van der Waals surface area (Å²) in [7, 11) is 0. The van der Waals surface area contributed by atoms with E-state index in [0.717, 1.165) is 18.4 Å². The van der Waals surface area contributed by atoms with Crippen LogP contribution < -0.4 is 4.74 Å². The van der Waals surface area contributed by atoms with Gasteiger partial charge in [0.05, 0.1) is 6.10 Å².